The summed E-state index contributed by atoms with van der Waals surface area (Å²) < 4.78 is 0. The van der Waals surface area contributed by atoms with Gasteiger partial charge in [0.05, 0.1) is 11.7 Å². The highest BCUT2D eigenvalue weighted by molar-refractivity contribution is 5.81. The summed E-state index contributed by atoms with van der Waals surface area (Å²) in [6.45, 7) is 4.34. The second-order valence-corrected chi connectivity index (χ2v) is 5.90. The number of hydrogen-bond acceptors (Lipinski definition) is 4. The van der Waals surface area contributed by atoms with E-state index < -0.39 is 0 Å². The fourth-order valence-electron chi connectivity index (χ4n) is 2.93. The van der Waals surface area contributed by atoms with E-state index in [4.69, 9.17) is 0 Å². The molecule has 1 aliphatic rings. The monoisotopic (exact) mass is 310 g/mol. The lowest BCUT2D eigenvalue weighted by molar-refractivity contribution is -0.126. The first-order valence-corrected chi connectivity index (χ1v) is 8.07. The van der Waals surface area contributed by atoms with E-state index in [9.17, 15) is 4.79 Å². The minimum absolute atomic E-state index is 0.0771. The van der Waals surface area contributed by atoms with Crippen LogP contribution >= 0.6 is 0 Å². The predicted molar refractivity (Wildman–Crippen MR) is 88.8 cm³/mol. The third-order valence-corrected chi connectivity index (χ3v) is 4.38. The summed E-state index contributed by atoms with van der Waals surface area (Å²) in [5.74, 6) is 0.0771. The zero-order valence-corrected chi connectivity index (χ0v) is 13.4. The molecule has 1 atom stereocenters. The van der Waals surface area contributed by atoms with Gasteiger partial charge in [0.25, 0.3) is 0 Å². The highest BCUT2D eigenvalue weighted by Gasteiger charge is 2.24. The number of aromatic nitrogens is 2. The third kappa shape index (κ3) is 3.93. The first kappa shape index (κ1) is 15.6. The molecule has 5 heteroatoms. The number of fused-ring (bicyclic) bond motifs is 1. The van der Waals surface area contributed by atoms with Crippen LogP contribution in [0.3, 0.4) is 0 Å². The summed E-state index contributed by atoms with van der Waals surface area (Å²) in [5, 5.41) is 3.00. The molecule has 0 spiro atoms. The molecule has 0 radical (unpaired) electrons. The van der Waals surface area contributed by atoms with Crippen LogP contribution in [0.25, 0.3) is 0 Å². The van der Waals surface area contributed by atoms with Crippen LogP contribution < -0.4 is 5.32 Å². The van der Waals surface area contributed by atoms with E-state index in [1.807, 2.05) is 6.92 Å². The topological polar surface area (TPSA) is 58.1 Å². The standard InChI is InChI=1S/C18H22N4O/c1-14(18(23)21-8-6-17-12-19-9-10-20-17)22-11-7-15-4-2-3-5-16(15)13-22/h2-5,9-10,12,14H,6-8,11,13H2,1H3,(H,21,23)/t14-/m0/s1. The molecule has 5 nitrogen and oxygen atoms in total. The van der Waals surface area contributed by atoms with Crippen molar-refractivity contribution < 1.29 is 4.79 Å². The lowest BCUT2D eigenvalue weighted by Crippen LogP contribution is -2.47. The van der Waals surface area contributed by atoms with E-state index in [2.05, 4.69) is 44.5 Å². The molecule has 0 fully saturated rings. The molecule has 0 saturated heterocycles. The van der Waals surface area contributed by atoms with Crippen LogP contribution in [-0.4, -0.2) is 39.9 Å². The van der Waals surface area contributed by atoms with Crippen molar-refractivity contribution >= 4 is 5.91 Å². The summed E-state index contributed by atoms with van der Waals surface area (Å²) in [4.78, 5) is 22.8. The molecule has 1 aromatic carbocycles. The second-order valence-electron chi connectivity index (χ2n) is 5.90. The number of carbonyl (C=O) groups excluding carboxylic acids is 1. The Morgan fingerprint density at radius 3 is 2.91 bits per heavy atom. The maximum absolute atomic E-state index is 12.4. The molecule has 23 heavy (non-hydrogen) atoms. The molecular formula is C18H22N4O. The maximum atomic E-state index is 12.4. The van der Waals surface area contributed by atoms with Crippen LogP contribution in [0.15, 0.2) is 42.9 Å². The number of benzene rings is 1. The van der Waals surface area contributed by atoms with Gasteiger partial charge in [0.1, 0.15) is 0 Å². The van der Waals surface area contributed by atoms with Crippen molar-refractivity contribution in [2.75, 3.05) is 13.1 Å². The summed E-state index contributed by atoms with van der Waals surface area (Å²) in [7, 11) is 0. The first-order valence-electron chi connectivity index (χ1n) is 8.07. The zero-order chi connectivity index (χ0) is 16.1. The van der Waals surface area contributed by atoms with Gasteiger partial charge in [0.15, 0.2) is 0 Å². The SMILES string of the molecule is C[C@@H](C(=O)NCCc1cnccn1)N1CCc2ccccc2C1. The van der Waals surface area contributed by atoms with Crippen molar-refractivity contribution in [3.05, 3.63) is 59.7 Å². The number of hydrogen-bond donors (Lipinski definition) is 1. The fourth-order valence-corrected chi connectivity index (χ4v) is 2.93. The van der Waals surface area contributed by atoms with Crippen LogP contribution in [0, 0.1) is 0 Å². The van der Waals surface area contributed by atoms with Gasteiger partial charge in [0.2, 0.25) is 5.91 Å². The van der Waals surface area contributed by atoms with Gasteiger partial charge >= 0.3 is 0 Å². The average molecular weight is 310 g/mol. The number of rotatable bonds is 5. The summed E-state index contributed by atoms with van der Waals surface area (Å²) in [6.07, 6.45) is 6.77. The van der Waals surface area contributed by atoms with Crippen molar-refractivity contribution in [3.63, 3.8) is 0 Å². The molecule has 3 rings (SSSR count). The second kappa shape index (κ2) is 7.33. The molecule has 0 aliphatic carbocycles. The minimum atomic E-state index is -0.120. The quantitative estimate of drug-likeness (QED) is 0.911. The molecule has 0 unspecified atom stereocenters. The Bertz CT molecular complexity index is 659. The molecule has 0 saturated carbocycles. The lowest BCUT2D eigenvalue weighted by Gasteiger charge is -2.32. The Balaban J connectivity index is 1.50. The zero-order valence-electron chi connectivity index (χ0n) is 13.4. The maximum Gasteiger partial charge on any atom is 0.237 e. The molecule has 2 aromatic rings. The molecule has 1 aromatic heterocycles. The van der Waals surface area contributed by atoms with Gasteiger partial charge in [0, 0.05) is 44.6 Å². The van der Waals surface area contributed by atoms with Gasteiger partial charge < -0.3 is 5.32 Å². The predicted octanol–water partition coefficient (Wildman–Crippen LogP) is 1.58. The fraction of sp³-hybridized carbons (Fsp3) is 0.389. The van der Waals surface area contributed by atoms with Crippen molar-refractivity contribution in [1.82, 2.24) is 20.2 Å². The number of nitrogens with zero attached hydrogens (tertiary/aromatic N) is 3. The molecule has 1 N–H and O–H groups in total. The van der Waals surface area contributed by atoms with Gasteiger partial charge in [-0.15, -0.1) is 0 Å². The molecular weight excluding hydrogens is 288 g/mol. The first-order chi connectivity index (χ1) is 11.2. The smallest absolute Gasteiger partial charge is 0.237 e. The molecule has 1 amide bonds. The number of carbonyl (C=O) groups is 1. The van der Waals surface area contributed by atoms with Gasteiger partial charge in [-0.05, 0) is 24.5 Å². The van der Waals surface area contributed by atoms with E-state index in [0.717, 1.165) is 25.2 Å². The summed E-state index contributed by atoms with van der Waals surface area (Å²) >= 11 is 0. The van der Waals surface area contributed by atoms with Crippen molar-refractivity contribution in [1.29, 1.82) is 0 Å². The Labute approximate surface area is 136 Å². The molecule has 2 heterocycles. The number of amides is 1. The van der Waals surface area contributed by atoms with E-state index >= 15 is 0 Å². The van der Waals surface area contributed by atoms with Gasteiger partial charge in [-0.25, -0.2) is 0 Å². The normalized spacial score (nSPS) is 15.7. The van der Waals surface area contributed by atoms with E-state index in [0.29, 0.717) is 13.0 Å². The molecule has 0 bridgehead atoms. The van der Waals surface area contributed by atoms with Crippen molar-refractivity contribution in [2.24, 2.45) is 0 Å². The molecule has 120 valence electrons. The van der Waals surface area contributed by atoms with E-state index in [-0.39, 0.29) is 11.9 Å². The Hall–Kier alpha value is -2.27. The Morgan fingerprint density at radius 2 is 2.13 bits per heavy atom. The largest absolute Gasteiger partial charge is 0.354 e. The van der Waals surface area contributed by atoms with Crippen LogP contribution in [0.2, 0.25) is 0 Å². The molecule has 1 aliphatic heterocycles. The third-order valence-electron chi connectivity index (χ3n) is 4.38. The summed E-state index contributed by atoms with van der Waals surface area (Å²) in [5.41, 5.74) is 3.63. The van der Waals surface area contributed by atoms with Crippen molar-refractivity contribution in [3.8, 4) is 0 Å². The van der Waals surface area contributed by atoms with Crippen LogP contribution in [0.5, 0.6) is 0 Å². The lowest BCUT2D eigenvalue weighted by atomic mass is 9.99. The van der Waals surface area contributed by atoms with Gasteiger partial charge in [-0.1, -0.05) is 24.3 Å². The summed E-state index contributed by atoms with van der Waals surface area (Å²) in [6, 6.07) is 8.36. The average Bonchev–Trinajstić information content (AvgIpc) is 2.61. The highest BCUT2D eigenvalue weighted by atomic mass is 16.2. The van der Waals surface area contributed by atoms with Crippen LogP contribution in [0.1, 0.15) is 23.7 Å². The van der Waals surface area contributed by atoms with Gasteiger partial charge in [-0.2, -0.15) is 0 Å². The van der Waals surface area contributed by atoms with Crippen LogP contribution in [-0.2, 0) is 24.2 Å². The number of nitrogens with one attached hydrogen (secondary N) is 1. The Kier molecular flexibility index (Phi) is 4.98. The van der Waals surface area contributed by atoms with E-state index in [1.54, 1.807) is 18.6 Å². The van der Waals surface area contributed by atoms with Gasteiger partial charge in [-0.3, -0.25) is 19.7 Å². The Morgan fingerprint density at radius 1 is 1.30 bits per heavy atom. The highest BCUT2D eigenvalue weighted by Crippen LogP contribution is 2.20. The van der Waals surface area contributed by atoms with Crippen molar-refractivity contribution in [2.45, 2.75) is 32.4 Å². The van der Waals surface area contributed by atoms with Crippen LogP contribution in [0.4, 0.5) is 0 Å². The van der Waals surface area contributed by atoms with E-state index in [1.165, 1.54) is 11.1 Å². The minimum Gasteiger partial charge on any atom is -0.354 e.